The molecule has 19 heavy (non-hydrogen) atoms. The van der Waals surface area contributed by atoms with Crippen LogP contribution < -0.4 is 4.90 Å². The molecule has 0 amide bonds. The maximum Gasteiger partial charge on any atom is 0.0684 e. The average molecular weight is 261 g/mol. The third-order valence-corrected chi connectivity index (χ3v) is 4.58. The topological polar surface area (TPSA) is 23.5 Å². The normalized spacial score (nSPS) is 17.8. The lowest BCUT2D eigenvalue weighted by Gasteiger charge is -2.40. The molecule has 0 unspecified atom stereocenters. The highest BCUT2D eigenvalue weighted by Gasteiger charge is 2.28. The van der Waals surface area contributed by atoms with E-state index in [0.717, 1.165) is 24.6 Å². The fourth-order valence-corrected chi connectivity index (χ4v) is 3.06. The summed E-state index contributed by atoms with van der Waals surface area (Å²) < 4.78 is 0. The molecule has 1 aliphatic rings. The predicted molar refractivity (Wildman–Crippen MR) is 81.5 cm³/mol. The minimum atomic E-state index is 0.137. The van der Waals surface area contributed by atoms with Gasteiger partial charge < -0.3 is 10.0 Å². The van der Waals surface area contributed by atoms with E-state index in [1.165, 1.54) is 24.1 Å². The van der Waals surface area contributed by atoms with Crippen molar-refractivity contribution in [3.05, 3.63) is 29.3 Å². The van der Waals surface area contributed by atoms with Crippen molar-refractivity contribution in [2.45, 2.75) is 47.1 Å². The van der Waals surface area contributed by atoms with Crippen LogP contribution in [0.1, 0.15) is 44.7 Å². The minimum absolute atomic E-state index is 0.137. The maximum absolute atomic E-state index is 9.23. The summed E-state index contributed by atoms with van der Waals surface area (Å²) in [5, 5.41) is 9.23. The number of benzene rings is 1. The van der Waals surface area contributed by atoms with Gasteiger partial charge in [0.25, 0.3) is 0 Å². The number of aliphatic hydroxyl groups is 1. The molecule has 1 fully saturated rings. The molecule has 0 aromatic heterocycles. The first-order chi connectivity index (χ1) is 8.91. The van der Waals surface area contributed by atoms with Crippen molar-refractivity contribution in [3.63, 3.8) is 0 Å². The molecule has 2 heteroatoms. The van der Waals surface area contributed by atoms with Gasteiger partial charge in [-0.05, 0) is 54.4 Å². The summed E-state index contributed by atoms with van der Waals surface area (Å²) in [6.45, 7) is 11.6. The molecular formula is C17H27NO. The lowest BCUT2D eigenvalue weighted by molar-refractivity contribution is 0.199. The Bertz CT molecular complexity index is 425. The van der Waals surface area contributed by atoms with E-state index >= 15 is 0 Å². The van der Waals surface area contributed by atoms with Crippen molar-refractivity contribution in [1.82, 2.24) is 0 Å². The van der Waals surface area contributed by atoms with Crippen LogP contribution in [0.5, 0.6) is 0 Å². The van der Waals surface area contributed by atoms with Crippen LogP contribution in [0, 0.1) is 18.3 Å². The molecule has 0 bridgehead atoms. The van der Waals surface area contributed by atoms with Gasteiger partial charge in [0.1, 0.15) is 0 Å². The molecule has 1 aliphatic heterocycles. The molecule has 106 valence electrons. The molecule has 0 spiro atoms. The molecule has 1 saturated heterocycles. The molecule has 0 radical (unpaired) electrons. The second-order valence-electron chi connectivity index (χ2n) is 6.90. The van der Waals surface area contributed by atoms with Crippen LogP contribution in [0.3, 0.4) is 0 Å². The summed E-state index contributed by atoms with van der Waals surface area (Å²) in [6.07, 6.45) is 2.56. The Balaban J connectivity index is 2.04. The van der Waals surface area contributed by atoms with Crippen LogP contribution in [0.4, 0.5) is 5.69 Å². The minimum Gasteiger partial charge on any atom is -0.392 e. The van der Waals surface area contributed by atoms with E-state index in [2.05, 4.69) is 50.8 Å². The Morgan fingerprint density at radius 2 is 1.84 bits per heavy atom. The Morgan fingerprint density at radius 3 is 2.32 bits per heavy atom. The lowest BCUT2D eigenvalue weighted by atomic mass is 9.75. The molecule has 0 aliphatic carbocycles. The number of aryl methyl sites for hydroxylation is 1. The van der Waals surface area contributed by atoms with Gasteiger partial charge in [0.2, 0.25) is 0 Å². The van der Waals surface area contributed by atoms with Crippen molar-refractivity contribution >= 4 is 5.69 Å². The van der Waals surface area contributed by atoms with Gasteiger partial charge in [-0.15, -0.1) is 0 Å². The number of nitrogens with zero attached hydrogens (tertiary/aromatic N) is 1. The summed E-state index contributed by atoms with van der Waals surface area (Å²) in [4.78, 5) is 2.48. The van der Waals surface area contributed by atoms with Gasteiger partial charge in [0.05, 0.1) is 6.61 Å². The molecule has 0 saturated carbocycles. The first-order valence-electron chi connectivity index (χ1n) is 7.37. The fourth-order valence-electron chi connectivity index (χ4n) is 3.06. The van der Waals surface area contributed by atoms with Crippen LogP contribution in [0.15, 0.2) is 18.2 Å². The Hall–Kier alpha value is -1.02. The number of hydrogen-bond donors (Lipinski definition) is 1. The molecule has 1 aromatic carbocycles. The summed E-state index contributed by atoms with van der Waals surface area (Å²) in [5.74, 6) is 0.835. The summed E-state index contributed by atoms with van der Waals surface area (Å²) in [5.41, 5.74) is 3.97. The Labute approximate surface area is 117 Å². The van der Waals surface area contributed by atoms with Gasteiger partial charge >= 0.3 is 0 Å². The van der Waals surface area contributed by atoms with Crippen molar-refractivity contribution in [1.29, 1.82) is 0 Å². The number of piperidine rings is 1. The van der Waals surface area contributed by atoms with E-state index < -0.39 is 0 Å². The smallest absolute Gasteiger partial charge is 0.0684 e. The summed E-state index contributed by atoms with van der Waals surface area (Å²) >= 11 is 0. The predicted octanol–water partition coefficient (Wildman–Crippen LogP) is 3.75. The lowest BCUT2D eigenvalue weighted by Crippen LogP contribution is -2.38. The molecule has 2 nitrogen and oxygen atoms in total. The number of rotatable bonds is 2. The zero-order chi connectivity index (χ0) is 14.0. The van der Waals surface area contributed by atoms with E-state index in [0.29, 0.717) is 5.41 Å². The first-order valence-corrected chi connectivity index (χ1v) is 7.37. The molecule has 2 rings (SSSR count). The van der Waals surface area contributed by atoms with Gasteiger partial charge in [0, 0.05) is 18.8 Å². The molecule has 1 aromatic rings. The standard InChI is InChI=1S/C17H27NO/c1-13-11-16(6-5-14(13)12-19)18-9-7-15(8-10-18)17(2,3)4/h5-6,11,15,19H,7-10,12H2,1-4H3. The van der Waals surface area contributed by atoms with Crippen LogP contribution in [0.25, 0.3) is 0 Å². The van der Waals surface area contributed by atoms with Crippen LogP contribution >= 0.6 is 0 Å². The van der Waals surface area contributed by atoms with Crippen molar-refractivity contribution < 1.29 is 5.11 Å². The molecular weight excluding hydrogens is 234 g/mol. The van der Waals surface area contributed by atoms with E-state index in [9.17, 15) is 5.11 Å². The molecule has 1 N–H and O–H groups in total. The van der Waals surface area contributed by atoms with E-state index in [1.54, 1.807) is 0 Å². The zero-order valence-electron chi connectivity index (χ0n) is 12.7. The second-order valence-corrected chi connectivity index (χ2v) is 6.90. The van der Waals surface area contributed by atoms with Crippen molar-refractivity contribution in [2.24, 2.45) is 11.3 Å². The molecule has 0 atom stereocenters. The highest BCUT2D eigenvalue weighted by Crippen LogP contribution is 2.35. The van der Waals surface area contributed by atoms with Gasteiger partial charge in [0.15, 0.2) is 0 Å². The van der Waals surface area contributed by atoms with E-state index in [1.807, 2.05) is 0 Å². The largest absolute Gasteiger partial charge is 0.392 e. The average Bonchev–Trinajstić information content (AvgIpc) is 2.38. The monoisotopic (exact) mass is 261 g/mol. The van der Waals surface area contributed by atoms with Crippen molar-refractivity contribution in [3.8, 4) is 0 Å². The van der Waals surface area contributed by atoms with Gasteiger partial charge in [-0.1, -0.05) is 26.8 Å². The SMILES string of the molecule is Cc1cc(N2CCC(C(C)(C)C)CC2)ccc1CO. The number of aliphatic hydroxyl groups excluding tert-OH is 1. The van der Waals surface area contributed by atoms with Crippen LogP contribution in [0.2, 0.25) is 0 Å². The number of hydrogen-bond acceptors (Lipinski definition) is 2. The second kappa shape index (κ2) is 5.54. The highest BCUT2D eigenvalue weighted by molar-refractivity contribution is 5.51. The Kier molecular flexibility index (Phi) is 4.19. The van der Waals surface area contributed by atoms with Gasteiger partial charge in [-0.3, -0.25) is 0 Å². The van der Waals surface area contributed by atoms with Gasteiger partial charge in [-0.25, -0.2) is 0 Å². The van der Waals surface area contributed by atoms with E-state index in [-0.39, 0.29) is 6.61 Å². The quantitative estimate of drug-likeness (QED) is 0.876. The fraction of sp³-hybridized carbons (Fsp3) is 0.647. The third-order valence-electron chi connectivity index (χ3n) is 4.58. The highest BCUT2D eigenvalue weighted by atomic mass is 16.3. The Morgan fingerprint density at radius 1 is 1.21 bits per heavy atom. The van der Waals surface area contributed by atoms with E-state index in [4.69, 9.17) is 0 Å². The summed E-state index contributed by atoms with van der Waals surface area (Å²) in [6, 6.07) is 6.42. The van der Waals surface area contributed by atoms with Crippen LogP contribution in [-0.4, -0.2) is 18.2 Å². The van der Waals surface area contributed by atoms with Crippen LogP contribution in [-0.2, 0) is 6.61 Å². The first kappa shape index (κ1) is 14.4. The zero-order valence-corrected chi connectivity index (χ0v) is 12.7. The summed E-state index contributed by atoms with van der Waals surface area (Å²) in [7, 11) is 0. The maximum atomic E-state index is 9.23. The third kappa shape index (κ3) is 3.30. The number of anilines is 1. The molecule has 1 heterocycles. The van der Waals surface area contributed by atoms with Gasteiger partial charge in [-0.2, -0.15) is 0 Å². The van der Waals surface area contributed by atoms with Crippen molar-refractivity contribution in [2.75, 3.05) is 18.0 Å².